The van der Waals surface area contributed by atoms with E-state index in [1.54, 1.807) is 24.3 Å². The zero-order chi connectivity index (χ0) is 15.1. The molecule has 2 rings (SSSR count). The van der Waals surface area contributed by atoms with E-state index in [2.05, 4.69) is 5.32 Å². The molecule has 5 heteroatoms. The van der Waals surface area contributed by atoms with Crippen molar-refractivity contribution in [1.82, 2.24) is 5.32 Å². The number of phenolic OH excluding ortho intramolecular Hbond substituents is 1. The first kappa shape index (κ1) is 15.1. The summed E-state index contributed by atoms with van der Waals surface area (Å²) in [6.07, 6.45) is 0.191. The second kappa shape index (κ2) is 7.50. The number of thioether (sulfide) groups is 1. The third-order valence-corrected chi connectivity index (χ3v) is 3.71. The van der Waals surface area contributed by atoms with E-state index in [1.165, 1.54) is 11.8 Å². The van der Waals surface area contributed by atoms with Crippen molar-refractivity contribution in [1.29, 1.82) is 0 Å². The predicted molar refractivity (Wildman–Crippen MR) is 82.1 cm³/mol. The number of hydrogen-bond donors (Lipinski definition) is 2. The number of imide groups is 1. The van der Waals surface area contributed by atoms with E-state index in [0.717, 1.165) is 10.5 Å². The van der Waals surface area contributed by atoms with E-state index >= 15 is 0 Å². The van der Waals surface area contributed by atoms with Crippen LogP contribution in [0.3, 0.4) is 0 Å². The van der Waals surface area contributed by atoms with Crippen molar-refractivity contribution in [2.75, 3.05) is 5.75 Å². The third-order valence-electron chi connectivity index (χ3n) is 2.69. The van der Waals surface area contributed by atoms with Gasteiger partial charge in [-0.05, 0) is 29.8 Å². The highest BCUT2D eigenvalue weighted by Gasteiger charge is 2.09. The van der Waals surface area contributed by atoms with Crippen LogP contribution in [-0.4, -0.2) is 22.7 Å². The molecule has 0 radical (unpaired) electrons. The lowest BCUT2D eigenvalue weighted by atomic mass is 10.1. The van der Waals surface area contributed by atoms with Crippen LogP contribution in [0.5, 0.6) is 5.75 Å². The first-order valence-corrected chi connectivity index (χ1v) is 7.40. The van der Waals surface area contributed by atoms with Gasteiger partial charge in [-0.15, -0.1) is 11.8 Å². The molecule has 0 aromatic heterocycles. The monoisotopic (exact) mass is 301 g/mol. The Kier molecular flexibility index (Phi) is 5.40. The average molecular weight is 301 g/mol. The van der Waals surface area contributed by atoms with Gasteiger partial charge < -0.3 is 5.11 Å². The molecule has 4 nitrogen and oxygen atoms in total. The Morgan fingerprint density at radius 1 is 0.952 bits per heavy atom. The Morgan fingerprint density at radius 3 is 2.29 bits per heavy atom. The fourth-order valence-corrected chi connectivity index (χ4v) is 2.41. The molecule has 0 aliphatic carbocycles. The number of aromatic hydroxyl groups is 1. The van der Waals surface area contributed by atoms with Crippen LogP contribution < -0.4 is 5.32 Å². The molecular weight excluding hydrogens is 286 g/mol. The van der Waals surface area contributed by atoms with E-state index in [-0.39, 0.29) is 29.7 Å². The number of hydrogen-bond acceptors (Lipinski definition) is 4. The summed E-state index contributed by atoms with van der Waals surface area (Å²) < 4.78 is 0. The molecule has 0 aliphatic rings. The Morgan fingerprint density at radius 2 is 1.62 bits per heavy atom. The van der Waals surface area contributed by atoms with Gasteiger partial charge in [0.15, 0.2) is 0 Å². The van der Waals surface area contributed by atoms with E-state index in [4.69, 9.17) is 5.11 Å². The maximum absolute atomic E-state index is 11.7. The van der Waals surface area contributed by atoms with Gasteiger partial charge in [0, 0.05) is 4.90 Å². The lowest BCUT2D eigenvalue weighted by Gasteiger charge is -2.04. The smallest absolute Gasteiger partial charge is 0.236 e. The summed E-state index contributed by atoms with van der Waals surface area (Å²) in [4.78, 5) is 24.2. The highest BCUT2D eigenvalue weighted by Crippen LogP contribution is 2.20. The summed E-state index contributed by atoms with van der Waals surface area (Å²) >= 11 is 1.31. The Labute approximate surface area is 127 Å². The van der Waals surface area contributed by atoms with Gasteiger partial charge in [0.05, 0.1) is 12.2 Å². The number of amides is 2. The Balaban J connectivity index is 1.76. The van der Waals surface area contributed by atoms with E-state index in [9.17, 15) is 9.59 Å². The summed E-state index contributed by atoms with van der Waals surface area (Å²) in [7, 11) is 0. The second-order valence-corrected chi connectivity index (χ2v) is 5.47. The van der Waals surface area contributed by atoms with Gasteiger partial charge >= 0.3 is 0 Å². The van der Waals surface area contributed by atoms with Crippen molar-refractivity contribution >= 4 is 23.6 Å². The average Bonchev–Trinajstić information content (AvgIpc) is 2.47. The molecule has 0 fully saturated rings. The number of benzene rings is 2. The molecule has 0 atom stereocenters. The number of nitrogens with one attached hydrogen (secondary N) is 1. The van der Waals surface area contributed by atoms with Crippen molar-refractivity contribution in [2.45, 2.75) is 11.3 Å². The molecule has 0 unspecified atom stereocenters. The molecule has 0 aliphatic heterocycles. The number of phenols is 1. The van der Waals surface area contributed by atoms with Crippen LogP contribution in [0.2, 0.25) is 0 Å². The van der Waals surface area contributed by atoms with Crippen LogP contribution in [0, 0.1) is 0 Å². The topological polar surface area (TPSA) is 66.4 Å². The molecule has 0 spiro atoms. The molecule has 2 N–H and O–H groups in total. The fraction of sp³-hybridized carbons (Fsp3) is 0.125. The SMILES string of the molecule is O=C(CSc1ccc(O)cc1)NC(=O)Cc1ccccc1. The normalized spacial score (nSPS) is 10.1. The standard InChI is InChI=1S/C16H15NO3S/c18-13-6-8-14(9-7-13)21-11-16(20)17-15(19)10-12-4-2-1-3-5-12/h1-9,18H,10-11H2,(H,17,19,20). The minimum absolute atomic E-state index is 0.158. The molecule has 0 heterocycles. The molecule has 108 valence electrons. The van der Waals surface area contributed by atoms with Gasteiger partial charge in [0.2, 0.25) is 11.8 Å². The van der Waals surface area contributed by atoms with Gasteiger partial charge in [-0.25, -0.2) is 0 Å². The largest absolute Gasteiger partial charge is 0.508 e. The quantitative estimate of drug-likeness (QED) is 0.832. The van der Waals surface area contributed by atoms with Gasteiger partial charge in [-0.3, -0.25) is 14.9 Å². The van der Waals surface area contributed by atoms with Crippen LogP contribution >= 0.6 is 11.8 Å². The summed E-state index contributed by atoms with van der Waals surface area (Å²) in [5.74, 6) is -0.293. The zero-order valence-electron chi connectivity index (χ0n) is 11.3. The van der Waals surface area contributed by atoms with E-state index in [0.29, 0.717) is 0 Å². The number of carbonyl (C=O) groups excluding carboxylic acids is 2. The first-order chi connectivity index (χ1) is 10.1. The lowest BCUT2D eigenvalue weighted by molar-refractivity contribution is -0.128. The van der Waals surface area contributed by atoms with Crippen molar-refractivity contribution < 1.29 is 14.7 Å². The van der Waals surface area contributed by atoms with Crippen molar-refractivity contribution in [2.24, 2.45) is 0 Å². The van der Waals surface area contributed by atoms with E-state index in [1.807, 2.05) is 30.3 Å². The van der Waals surface area contributed by atoms with Gasteiger partial charge in [0.1, 0.15) is 5.75 Å². The fourth-order valence-electron chi connectivity index (χ4n) is 1.71. The minimum Gasteiger partial charge on any atom is -0.508 e. The predicted octanol–water partition coefficient (Wildman–Crippen LogP) is 2.37. The summed E-state index contributed by atoms with van der Waals surface area (Å²) in [5.41, 5.74) is 0.869. The van der Waals surface area contributed by atoms with Crippen molar-refractivity contribution in [3.05, 3.63) is 60.2 Å². The van der Waals surface area contributed by atoms with E-state index < -0.39 is 0 Å². The summed E-state index contributed by atoms with van der Waals surface area (Å²) in [5, 5.41) is 11.5. The number of rotatable bonds is 5. The van der Waals surface area contributed by atoms with Crippen molar-refractivity contribution in [3.8, 4) is 5.75 Å². The summed E-state index contributed by atoms with van der Waals surface area (Å²) in [6, 6.07) is 15.8. The molecule has 0 bridgehead atoms. The molecule has 2 aromatic carbocycles. The second-order valence-electron chi connectivity index (χ2n) is 4.42. The Hall–Kier alpha value is -2.27. The van der Waals surface area contributed by atoms with Crippen LogP contribution in [0.15, 0.2) is 59.5 Å². The highest BCUT2D eigenvalue weighted by molar-refractivity contribution is 8.00. The zero-order valence-corrected chi connectivity index (χ0v) is 12.1. The van der Waals surface area contributed by atoms with Crippen LogP contribution in [0.1, 0.15) is 5.56 Å². The van der Waals surface area contributed by atoms with Gasteiger partial charge in [-0.1, -0.05) is 30.3 Å². The maximum Gasteiger partial charge on any atom is 0.236 e. The van der Waals surface area contributed by atoms with Crippen LogP contribution in [0.25, 0.3) is 0 Å². The van der Waals surface area contributed by atoms with Crippen molar-refractivity contribution in [3.63, 3.8) is 0 Å². The van der Waals surface area contributed by atoms with Gasteiger partial charge in [0.25, 0.3) is 0 Å². The molecule has 0 saturated heterocycles. The third kappa shape index (κ3) is 5.31. The van der Waals surface area contributed by atoms with Crippen LogP contribution in [0.4, 0.5) is 0 Å². The Bertz CT molecular complexity index is 611. The number of carbonyl (C=O) groups is 2. The molecule has 2 amide bonds. The lowest BCUT2D eigenvalue weighted by Crippen LogP contribution is -2.32. The van der Waals surface area contributed by atoms with Crippen LogP contribution in [-0.2, 0) is 16.0 Å². The summed E-state index contributed by atoms with van der Waals surface area (Å²) in [6.45, 7) is 0. The minimum atomic E-state index is -0.325. The highest BCUT2D eigenvalue weighted by atomic mass is 32.2. The molecular formula is C16H15NO3S. The maximum atomic E-state index is 11.7. The molecule has 0 saturated carbocycles. The first-order valence-electron chi connectivity index (χ1n) is 6.42. The molecule has 21 heavy (non-hydrogen) atoms. The molecule has 2 aromatic rings. The van der Waals surface area contributed by atoms with Gasteiger partial charge in [-0.2, -0.15) is 0 Å².